The predicted octanol–water partition coefficient (Wildman–Crippen LogP) is -1.28. The molecule has 2 aliphatic rings. The van der Waals surface area contributed by atoms with Gasteiger partial charge in [-0.05, 0) is 12.8 Å². The van der Waals surface area contributed by atoms with Crippen molar-refractivity contribution in [3.05, 3.63) is 32.6 Å². The van der Waals surface area contributed by atoms with Gasteiger partial charge in [-0.1, -0.05) is 7.43 Å². The average molecular weight is 371 g/mol. The highest BCUT2D eigenvalue weighted by Crippen LogP contribution is 2.27. The molecular weight excluding hydrogens is 346 g/mol. The van der Waals surface area contributed by atoms with E-state index in [0.717, 1.165) is 23.6 Å². The first-order valence-corrected chi connectivity index (χ1v) is 8.19. The Labute approximate surface area is 149 Å². The number of aromatic nitrogens is 2. The second-order valence-corrected chi connectivity index (χ2v) is 6.17. The van der Waals surface area contributed by atoms with Crippen LogP contribution in [0.5, 0.6) is 0 Å². The van der Waals surface area contributed by atoms with Crippen LogP contribution < -0.4 is 16.6 Å². The van der Waals surface area contributed by atoms with Gasteiger partial charge in [-0.15, -0.1) is 0 Å². The normalized spacial score (nSPS) is 27.9. The van der Waals surface area contributed by atoms with Crippen LogP contribution in [0, 0.1) is 0 Å². The minimum atomic E-state index is -0.939. The summed E-state index contributed by atoms with van der Waals surface area (Å²) in [5.41, 5.74) is -1.79. The molecular formula is C16H25N3O7. The van der Waals surface area contributed by atoms with E-state index in [9.17, 15) is 19.5 Å². The molecule has 4 N–H and O–H groups in total. The molecule has 146 valence electrons. The predicted molar refractivity (Wildman–Crippen MR) is 91.0 cm³/mol. The number of hydrogen-bond acceptors (Lipinski definition) is 7. The Bertz CT molecular complexity index is 738. The molecule has 1 amide bonds. The standard InChI is InChI=1S/C15H21N3O7.CH4/c19-7-11-10(20)4-12(25-11)18-6-9(14(22)17-15(18)23)13(21)16-5-8-2-1-3-24-8;/h6,8,10-12,19-20H,1-5,7H2,(H,16,21)(H,17,22,23);1H4/t8-,10?,11-,12-;/m1./s1. The summed E-state index contributed by atoms with van der Waals surface area (Å²) in [5.74, 6) is -0.622. The molecule has 2 aliphatic heterocycles. The quantitative estimate of drug-likeness (QED) is 0.505. The van der Waals surface area contributed by atoms with Gasteiger partial charge in [0.25, 0.3) is 11.5 Å². The van der Waals surface area contributed by atoms with Crippen molar-refractivity contribution in [1.82, 2.24) is 14.9 Å². The number of aliphatic hydroxyl groups excluding tert-OH is 2. The summed E-state index contributed by atoms with van der Waals surface area (Å²) < 4.78 is 11.8. The van der Waals surface area contributed by atoms with Gasteiger partial charge in [0.1, 0.15) is 17.9 Å². The highest BCUT2D eigenvalue weighted by Gasteiger charge is 2.35. The smallest absolute Gasteiger partial charge is 0.330 e. The molecule has 0 radical (unpaired) electrons. The molecule has 10 nitrogen and oxygen atoms in total. The Balaban J connectivity index is 0.00000243. The van der Waals surface area contributed by atoms with E-state index >= 15 is 0 Å². The third-order valence-electron chi connectivity index (χ3n) is 4.42. The van der Waals surface area contributed by atoms with Crippen molar-refractivity contribution in [3.63, 3.8) is 0 Å². The highest BCUT2D eigenvalue weighted by molar-refractivity contribution is 5.93. The van der Waals surface area contributed by atoms with Crippen molar-refractivity contribution in [2.75, 3.05) is 19.8 Å². The molecule has 1 unspecified atom stereocenters. The van der Waals surface area contributed by atoms with Gasteiger partial charge in [-0.3, -0.25) is 19.1 Å². The lowest BCUT2D eigenvalue weighted by Crippen LogP contribution is -2.40. The molecule has 1 aromatic heterocycles. The molecule has 4 atom stereocenters. The van der Waals surface area contributed by atoms with Gasteiger partial charge < -0.3 is 25.0 Å². The molecule has 26 heavy (non-hydrogen) atoms. The number of hydrogen-bond donors (Lipinski definition) is 4. The van der Waals surface area contributed by atoms with E-state index in [4.69, 9.17) is 14.6 Å². The second kappa shape index (κ2) is 8.58. The van der Waals surface area contributed by atoms with Crippen LogP contribution in [0.15, 0.2) is 15.8 Å². The van der Waals surface area contributed by atoms with Crippen LogP contribution in [-0.4, -0.2) is 63.7 Å². The zero-order chi connectivity index (χ0) is 18.0. The average Bonchev–Trinajstić information content (AvgIpc) is 3.22. The van der Waals surface area contributed by atoms with Crippen molar-refractivity contribution >= 4 is 5.91 Å². The number of nitrogens with one attached hydrogen (secondary N) is 2. The summed E-state index contributed by atoms with van der Waals surface area (Å²) in [6.45, 7) is 0.534. The summed E-state index contributed by atoms with van der Waals surface area (Å²) in [4.78, 5) is 38.3. The fourth-order valence-electron chi connectivity index (χ4n) is 3.02. The van der Waals surface area contributed by atoms with Gasteiger partial charge in [-0.25, -0.2) is 4.79 Å². The fraction of sp³-hybridized carbons (Fsp3) is 0.688. The van der Waals surface area contributed by atoms with Crippen LogP contribution in [0.3, 0.4) is 0 Å². The van der Waals surface area contributed by atoms with Gasteiger partial charge in [0.15, 0.2) is 0 Å². The van der Waals surface area contributed by atoms with Crippen molar-refractivity contribution in [2.24, 2.45) is 0 Å². The highest BCUT2D eigenvalue weighted by atomic mass is 16.5. The zero-order valence-corrected chi connectivity index (χ0v) is 13.5. The molecule has 0 saturated carbocycles. The second-order valence-electron chi connectivity index (χ2n) is 6.17. The molecule has 2 fully saturated rings. The lowest BCUT2D eigenvalue weighted by atomic mass is 10.2. The van der Waals surface area contributed by atoms with Crippen molar-refractivity contribution in [2.45, 2.75) is 51.2 Å². The van der Waals surface area contributed by atoms with Gasteiger partial charge in [0, 0.05) is 25.8 Å². The Kier molecular flexibility index (Phi) is 6.70. The number of H-pyrrole nitrogens is 1. The van der Waals surface area contributed by atoms with Gasteiger partial charge >= 0.3 is 5.69 Å². The molecule has 0 bridgehead atoms. The van der Waals surface area contributed by atoms with Crippen LogP contribution >= 0.6 is 0 Å². The number of ether oxygens (including phenoxy) is 2. The molecule has 3 heterocycles. The monoisotopic (exact) mass is 371 g/mol. The Hall–Kier alpha value is -2.01. The number of carbonyl (C=O) groups excluding carboxylic acids is 1. The summed E-state index contributed by atoms with van der Waals surface area (Å²) >= 11 is 0. The van der Waals surface area contributed by atoms with Crippen LogP contribution in [0.1, 0.15) is 43.3 Å². The number of amides is 1. The van der Waals surface area contributed by atoms with Crippen LogP contribution in [0.4, 0.5) is 0 Å². The van der Waals surface area contributed by atoms with E-state index in [2.05, 4.69) is 10.3 Å². The maximum atomic E-state index is 12.3. The number of carbonyl (C=O) groups is 1. The number of aliphatic hydroxyl groups is 2. The number of rotatable bonds is 5. The van der Waals surface area contributed by atoms with E-state index in [-0.39, 0.29) is 32.1 Å². The topological polar surface area (TPSA) is 143 Å². The van der Waals surface area contributed by atoms with E-state index in [0.29, 0.717) is 6.61 Å². The SMILES string of the molecule is C.O=C(NC[C@H]1CCCO1)c1cn([C@H]2CC(O)[C@@H](CO)O2)c(=O)[nH]c1=O. The fourth-order valence-corrected chi connectivity index (χ4v) is 3.02. The van der Waals surface area contributed by atoms with Crippen LogP contribution in [-0.2, 0) is 9.47 Å². The third kappa shape index (κ3) is 4.21. The first-order valence-electron chi connectivity index (χ1n) is 8.19. The summed E-state index contributed by atoms with van der Waals surface area (Å²) in [7, 11) is 0. The maximum absolute atomic E-state index is 12.3. The summed E-state index contributed by atoms with van der Waals surface area (Å²) in [6, 6.07) is 0. The Morgan fingerprint density at radius 1 is 1.42 bits per heavy atom. The summed E-state index contributed by atoms with van der Waals surface area (Å²) in [5, 5.41) is 21.5. The Morgan fingerprint density at radius 3 is 2.81 bits per heavy atom. The molecule has 0 aromatic carbocycles. The lowest BCUT2D eigenvalue weighted by molar-refractivity contribution is -0.0459. The van der Waals surface area contributed by atoms with Crippen molar-refractivity contribution in [3.8, 4) is 0 Å². The molecule has 1 aromatic rings. The molecule has 2 saturated heterocycles. The molecule has 0 aliphatic carbocycles. The van der Waals surface area contributed by atoms with Crippen molar-refractivity contribution < 1.29 is 24.5 Å². The minimum absolute atomic E-state index is 0. The number of nitrogens with zero attached hydrogens (tertiary/aromatic N) is 1. The lowest BCUT2D eigenvalue weighted by Gasteiger charge is -2.15. The van der Waals surface area contributed by atoms with Crippen LogP contribution in [0.2, 0.25) is 0 Å². The zero-order valence-electron chi connectivity index (χ0n) is 13.5. The maximum Gasteiger partial charge on any atom is 0.330 e. The van der Waals surface area contributed by atoms with Crippen LogP contribution in [0.25, 0.3) is 0 Å². The van der Waals surface area contributed by atoms with E-state index in [1.807, 2.05) is 0 Å². The summed E-state index contributed by atoms with van der Waals surface area (Å²) in [6.07, 6.45) is 0.239. The van der Waals surface area contributed by atoms with E-state index < -0.39 is 42.2 Å². The van der Waals surface area contributed by atoms with E-state index in [1.54, 1.807) is 0 Å². The molecule has 0 spiro atoms. The van der Waals surface area contributed by atoms with Crippen molar-refractivity contribution in [1.29, 1.82) is 0 Å². The molecule has 3 rings (SSSR count). The Morgan fingerprint density at radius 2 is 2.19 bits per heavy atom. The third-order valence-corrected chi connectivity index (χ3v) is 4.42. The van der Waals surface area contributed by atoms with Gasteiger partial charge in [0.2, 0.25) is 0 Å². The van der Waals surface area contributed by atoms with E-state index in [1.165, 1.54) is 0 Å². The minimum Gasteiger partial charge on any atom is -0.394 e. The molecule has 10 heteroatoms. The van der Waals surface area contributed by atoms with Gasteiger partial charge in [-0.2, -0.15) is 0 Å². The first kappa shape index (κ1) is 20.3. The largest absolute Gasteiger partial charge is 0.394 e. The first-order chi connectivity index (χ1) is 12.0. The number of aromatic amines is 1. The van der Waals surface area contributed by atoms with Gasteiger partial charge in [0.05, 0.1) is 18.8 Å².